The summed E-state index contributed by atoms with van der Waals surface area (Å²) in [5.41, 5.74) is 2.29. The van der Waals surface area contributed by atoms with Crippen LogP contribution >= 0.6 is 11.6 Å². The SMILES string of the molecule is COc1ccc(NC(=O)CNCc2cc(F)cc(F)c2)cc1-c1c(Cl)cnn1C. The molecule has 0 radical (unpaired) electrons. The van der Waals surface area contributed by atoms with E-state index in [1.165, 1.54) is 18.3 Å². The molecule has 0 spiro atoms. The summed E-state index contributed by atoms with van der Waals surface area (Å²) in [6, 6.07) is 8.37. The third-order valence-electron chi connectivity index (χ3n) is 4.17. The molecule has 0 unspecified atom stereocenters. The van der Waals surface area contributed by atoms with Crippen molar-refractivity contribution in [1.29, 1.82) is 0 Å². The van der Waals surface area contributed by atoms with Crippen LogP contribution in [0.2, 0.25) is 5.02 Å². The number of halogens is 3. The van der Waals surface area contributed by atoms with Crippen molar-refractivity contribution in [2.75, 3.05) is 19.0 Å². The Bertz CT molecular complexity index is 1000. The van der Waals surface area contributed by atoms with Crippen LogP contribution in [0, 0.1) is 11.6 Å². The summed E-state index contributed by atoms with van der Waals surface area (Å²) in [6.07, 6.45) is 1.53. The van der Waals surface area contributed by atoms with E-state index in [0.717, 1.165) is 6.07 Å². The van der Waals surface area contributed by atoms with Gasteiger partial charge in [0.05, 0.1) is 30.6 Å². The van der Waals surface area contributed by atoms with Crippen molar-refractivity contribution in [2.24, 2.45) is 7.05 Å². The first-order valence-corrected chi connectivity index (χ1v) is 9.06. The maximum absolute atomic E-state index is 13.2. The Kier molecular flexibility index (Phi) is 6.46. The van der Waals surface area contributed by atoms with Crippen LogP contribution in [0.4, 0.5) is 14.5 Å². The van der Waals surface area contributed by atoms with Gasteiger partial charge in [0.15, 0.2) is 0 Å². The Morgan fingerprint density at radius 1 is 1.21 bits per heavy atom. The smallest absolute Gasteiger partial charge is 0.238 e. The van der Waals surface area contributed by atoms with Crippen molar-refractivity contribution in [3.05, 3.63) is 64.8 Å². The minimum absolute atomic E-state index is 0.0358. The topological polar surface area (TPSA) is 68.2 Å². The first-order chi connectivity index (χ1) is 13.9. The quantitative estimate of drug-likeness (QED) is 0.610. The highest BCUT2D eigenvalue weighted by molar-refractivity contribution is 6.33. The number of methoxy groups -OCH3 is 1. The molecule has 3 aromatic rings. The average molecular weight is 421 g/mol. The lowest BCUT2D eigenvalue weighted by Gasteiger charge is -2.13. The summed E-state index contributed by atoms with van der Waals surface area (Å²) in [6.45, 7) is 0.118. The number of rotatable bonds is 7. The molecule has 29 heavy (non-hydrogen) atoms. The molecule has 0 saturated carbocycles. The van der Waals surface area contributed by atoms with Crippen LogP contribution in [-0.2, 0) is 18.4 Å². The molecule has 6 nitrogen and oxygen atoms in total. The predicted octanol–water partition coefficient (Wildman–Crippen LogP) is 3.76. The van der Waals surface area contributed by atoms with E-state index in [0.29, 0.717) is 33.3 Å². The molecule has 0 atom stereocenters. The van der Waals surface area contributed by atoms with Crippen molar-refractivity contribution in [3.8, 4) is 17.0 Å². The zero-order valence-electron chi connectivity index (χ0n) is 15.8. The fraction of sp³-hybridized carbons (Fsp3) is 0.200. The molecule has 2 aromatic carbocycles. The third-order valence-corrected chi connectivity index (χ3v) is 4.45. The Morgan fingerprint density at radius 2 is 1.93 bits per heavy atom. The second kappa shape index (κ2) is 9.02. The van der Waals surface area contributed by atoms with Gasteiger partial charge in [-0.3, -0.25) is 9.48 Å². The van der Waals surface area contributed by atoms with Gasteiger partial charge in [-0.1, -0.05) is 11.6 Å². The van der Waals surface area contributed by atoms with Gasteiger partial charge in [-0.15, -0.1) is 0 Å². The highest BCUT2D eigenvalue weighted by Gasteiger charge is 2.15. The minimum Gasteiger partial charge on any atom is -0.496 e. The van der Waals surface area contributed by atoms with Gasteiger partial charge in [0, 0.05) is 30.9 Å². The Balaban J connectivity index is 1.67. The van der Waals surface area contributed by atoms with Crippen molar-refractivity contribution in [3.63, 3.8) is 0 Å². The maximum Gasteiger partial charge on any atom is 0.238 e. The second-order valence-corrected chi connectivity index (χ2v) is 6.72. The zero-order valence-corrected chi connectivity index (χ0v) is 16.6. The van der Waals surface area contributed by atoms with E-state index >= 15 is 0 Å². The van der Waals surface area contributed by atoms with Crippen LogP contribution in [0.3, 0.4) is 0 Å². The molecule has 1 amide bonds. The Hall–Kier alpha value is -2.97. The highest BCUT2D eigenvalue weighted by atomic mass is 35.5. The van der Waals surface area contributed by atoms with Gasteiger partial charge in [-0.25, -0.2) is 8.78 Å². The van der Waals surface area contributed by atoms with Crippen LogP contribution < -0.4 is 15.4 Å². The molecular formula is C20H19ClF2N4O2. The van der Waals surface area contributed by atoms with E-state index in [1.54, 1.807) is 37.0 Å². The number of carbonyl (C=O) groups excluding carboxylic acids is 1. The molecule has 1 aromatic heterocycles. The summed E-state index contributed by atoms with van der Waals surface area (Å²) in [5.74, 6) is -1.05. The molecule has 0 aliphatic carbocycles. The maximum atomic E-state index is 13.2. The monoisotopic (exact) mass is 420 g/mol. The molecule has 0 bridgehead atoms. The lowest BCUT2D eigenvalue weighted by atomic mass is 10.1. The molecule has 1 heterocycles. The summed E-state index contributed by atoms with van der Waals surface area (Å²) < 4.78 is 33.4. The van der Waals surface area contributed by atoms with Crippen molar-refractivity contribution >= 4 is 23.2 Å². The molecule has 0 aliphatic rings. The van der Waals surface area contributed by atoms with Gasteiger partial charge in [0.25, 0.3) is 0 Å². The molecule has 9 heteroatoms. The Morgan fingerprint density at radius 3 is 2.55 bits per heavy atom. The number of nitrogens with one attached hydrogen (secondary N) is 2. The standard InChI is InChI=1S/C20H19ClF2N4O2/c1-27-20(17(21)10-25-27)16-8-15(3-4-18(16)29-2)26-19(28)11-24-9-12-5-13(22)7-14(23)6-12/h3-8,10,24H,9,11H2,1-2H3,(H,26,28). The van der Waals surface area contributed by atoms with E-state index in [1.807, 2.05) is 0 Å². The average Bonchev–Trinajstić information content (AvgIpc) is 2.99. The van der Waals surface area contributed by atoms with E-state index in [-0.39, 0.29) is 19.0 Å². The number of amides is 1. The number of hydrogen-bond acceptors (Lipinski definition) is 4. The number of aromatic nitrogens is 2. The van der Waals surface area contributed by atoms with Gasteiger partial charge in [0.1, 0.15) is 17.4 Å². The summed E-state index contributed by atoms with van der Waals surface area (Å²) in [7, 11) is 3.30. The third kappa shape index (κ3) is 5.10. The van der Waals surface area contributed by atoms with Crippen LogP contribution in [0.15, 0.2) is 42.6 Å². The summed E-state index contributed by atoms with van der Waals surface area (Å²) in [5, 5.41) is 10.2. The molecule has 0 fully saturated rings. The van der Waals surface area contributed by atoms with Gasteiger partial charge in [-0.05, 0) is 35.9 Å². The molecule has 0 saturated heterocycles. The zero-order chi connectivity index (χ0) is 21.0. The van der Waals surface area contributed by atoms with Crippen LogP contribution in [0.25, 0.3) is 11.3 Å². The summed E-state index contributed by atoms with van der Waals surface area (Å²) >= 11 is 6.23. The van der Waals surface area contributed by atoms with Gasteiger partial charge >= 0.3 is 0 Å². The van der Waals surface area contributed by atoms with E-state index in [9.17, 15) is 13.6 Å². The number of carbonyl (C=O) groups is 1. The fourth-order valence-electron chi connectivity index (χ4n) is 2.92. The fourth-order valence-corrected chi connectivity index (χ4v) is 3.19. The van der Waals surface area contributed by atoms with E-state index < -0.39 is 11.6 Å². The lowest BCUT2D eigenvalue weighted by Crippen LogP contribution is -2.27. The van der Waals surface area contributed by atoms with E-state index in [4.69, 9.17) is 16.3 Å². The molecule has 3 rings (SSSR count). The van der Waals surface area contributed by atoms with Crippen molar-refractivity contribution < 1.29 is 18.3 Å². The summed E-state index contributed by atoms with van der Waals surface area (Å²) in [4.78, 5) is 12.2. The molecular weight excluding hydrogens is 402 g/mol. The predicted molar refractivity (Wildman–Crippen MR) is 107 cm³/mol. The normalized spacial score (nSPS) is 10.8. The van der Waals surface area contributed by atoms with Crippen LogP contribution in [-0.4, -0.2) is 29.3 Å². The minimum atomic E-state index is -0.661. The van der Waals surface area contributed by atoms with Gasteiger partial charge < -0.3 is 15.4 Å². The molecule has 2 N–H and O–H groups in total. The highest BCUT2D eigenvalue weighted by Crippen LogP contribution is 2.36. The molecule has 152 valence electrons. The van der Waals surface area contributed by atoms with E-state index in [2.05, 4.69) is 15.7 Å². The van der Waals surface area contributed by atoms with Gasteiger partial charge in [-0.2, -0.15) is 5.10 Å². The van der Waals surface area contributed by atoms with Crippen molar-refractivity contribution in [2.45, 2.75) is 6.54 Å². The first-order valence-electron chi connectivity index (χ1n) is 8.69. The largest absolute Gasteiger partial charge is 0.496 e. The lowest BCUT2D eigenvalue weighted by molar-refractivity contribution is -0.115. The van der Waals surface area contributed by atoms with Crippen molar-refractivity contribution in [1.82, 2.24) is 15.1 Å². The number of anilines is 1. The number of hydrogen-bond donors (Lipinski definition) is 2. The number of benzene rings is 2. The first kappa shape index (κ1) is 20.8. The van der Waals surface area contributed by atoms with Crippen LogP contribution in [0.5, 0.6) is 5.75 Å². The number of aryl methyl sites for hydroxylation is 1. The molecule has 0 aliphatic heterocycles. The number of nitrogens with zero attached hydrogens (tertiary/aromatic N) is 2. The second-order valence-electron chi connectivity index (χ2n) is 6.31. The number of ether oxygens (including phenoxy) is 1. The Labute approximate surface area is 171 Å². The van der Waals surface area contributed by atoms with Gasteiger partial charge in [0.2, 0.25) is 5.91 Å². The van der Waals surface area contributed by atoms with Crippen LogP contribution in [0.1, 0.15) is 5.56 Å².